The number of para-hydroxylation sites is 1. The van der Waals surface area contributed by atoms with E-state index in [-0.39, 0.29) is 23.3 Å². The molecule has 198 valence electrons. The molecule has 0 spiro atoms. The average Bonchev–Trinajstić information content (AvgIpc) is 3.32. The van der Waals surface area contributed by atoms with Crippen molar-refractivity contribution in [2.45, 2.75) is 32.0 Å². The molecule has 2 fully saturated rings. The van der Waals surface area contributed by atoms with Crippen LogP contribution in [-0.4, -0.2) is 33.4 Å². The van der Waals surface area contributed by atoms with Crippen LogP contribution in [-0.2, 0) is 17.5 Å². The molecule has 2 aromatic heterocycles. The van der Waals surface area contributed by atoms with E-state index in [9.17, 15) is 18.0 Å². The molecule has 1 saturated carbocycles. The molecule has 1 amide bonds. The maximum atomic E-state index is 13.9. The van der Waals surface area contributed by atoms with E-state index in [0.717, 1.165) is 53.0 Å². The van der Waals surface area contributed by atoms with Gasteiger partial charge in [-0.25, -0.2) is 4.98 Å². The highest BCUT2D eigenvalue weighted by Crippen LogP contribution is 2.38. The van der Waals surface area contributed by atoms with Gasteiger partial charge in [0.1, 0.15) is 16.9 Å². The number of hydrogen-bond acceptors (Lipinski definition) is 3. The highest BCUT2D eigenvalue weighted by Gasteiger charge is 2.38. The molecule has 1 atom stereocenters. The van der Waals surface area contributed by atoms with Crippen LogP contribution in [0.15, 0.2) is 77.4 Å². The number of fused-ring (bicyclic) bond motifs is 2. The highest BCUT2D eigenvalue weighted by molar-refractivity contribution is 5.86. The van der Waals surface area contributed by atoms with Gasteiger partial charge in [0.2, 0.25) is 5.91 Å². The largest absolute Gasteiger partial charge is 0.464 e. The van der Waals surface area contributed by atoms with Crippen LogP contribution in [0.3, 0.4) is 0 Å². The lowest BCUT2D eigenvalue weighted by molar-refractivity contribution is -0.136. The summed E-state index contributed by atoms with van der Waals surface area (Å²) in [5.74, 6) is 1.04. The van der Waals surface area contributed by atoms with Crippen molar-refractivity contribution < 1.29 is 22.4 Å². The standard InChI is InChI=1S/C31H26F3N3O2/c32-31(33,34)25-2-1-3-26-28(25)35-29(37(26)18-19-12-14-36(17-19)30(38)22-8-9-22)21-6-4-20(5-7-21)23-10-11-27-24(16-23)13-15-39-27/h1-7,10-11,13,15-16,19,22H,8-9,12,14,17-18H2/t19-/m1/s1. The van der Waals surface area contributed by atoms with Crippen LogP contribution in [0.5, 0.6) is 0 Å². The second-order valence-corrected chi connectivity index (χ2v) is 10.7. The molecule has 1 aliphatic heterocycles. The first-order chi connectivity index (χ1) is 18.8. The van der Waals surface area contributed by atoms with Crippen molar-refractivity contribution in [2.24, 2.45) is 11.8 Å². The first-order valence-corrected chi connectivity index (χ1v) is 13.3. The second-order valence-electron chi connectivity index (χ2n) is 10.7. The van der Waals surface area contributed by atoms with Gasteiger partial charge in [0.25, 0.3) is 0 Å². The Balaban J connectivity index is 1.26. The summed E-state index contributed by atoms with van der Waals surface area (Å²) in [7, 11) is 0. The summed E-state index contributed by atoms with van der Waals surface area (Å²) in [6.45, 7) is 1.83. The zero-order chi connectivity index (χ0) is 26.7. The van der Waals surface area contributed by atoms with Gasteiger partial charge in [-0.2, -0.15) is 13.2 Å². The summed E-state index contributed by atoms with van der Waals surface area (Å²) in [6, 6.07) is 19.9. The van der Waals surface area contributed by atoms with E-state index in [0.29, 0.717) is 31.0 Å². The smallest absolute Gasteiger partial charge is 0.418 e. The SMILES string of the molecule is O=C(C1CC1)N1CC[C@@H](Cn2c(-c3ccc(-c4ccc5occc5c4)cc3)nc3c(C(F)(F)F)cccc32)C1. The zero-order valence-corrected chi connectivity index (χ0v) is 21.1. The minimum atomic E-state index is -4.51. The fraction of sp³-hybridized carbons (Fsp3) is 0.290. The number of hydrogen-bond donors (Lipinski definition) is 0. The van der Waals surface area contributed by atoms with E-state index in [4.69, 9.17) is 4.42 Å². The molecule has 0 radical (unpaired) electrons. The molecule has 1 saturated heterocycles. The maximum absolute atomic E-state index is 13.9. The number of nitrogens with zero attached hydrogens (tertiary/aromatic N) is 3. The van der Waals surface area contributed by atoms with Crippen molar-refractivity contribution in [1.82, 2.24) is 14.5 Å². The van der Waals surface area contributed by atoms with E-state index in [1.165, 1.54) is 6.07 Å². The summed E-state index contributed by atoms with van der Waals surface area (Å²) in [5, 5.41) is 1.00. The predicted molar refractivity (Wildman–Crippen MR) is 143 cm³/mol. The monoisotopic (exact) mass is 529 g/mol. The van der Waals surface area contributed by atoms with Gasteiger partial charge in [0.15, 0.2) is 0 Å². The second kappa shape index (κ2) is 9.00. The Morgan fingerprint density at radius 3 is 2.49 bits per heavy atom. The number of alkyl halides is 3. The molecular formula is C31H26F3N3O2. The topological polar surface area (TPSA) is 51.3 Å². The molecule has 2 aliphatic rings. The third-order valence-corrected chi connectivity index (χ3v) is 7.98. The number of furan rings is 1. The first kappa shape index (κ1) is 24.0. The van der Waals surface area contributed by atoms with Crippen LogP contribution in [0.4, 0.5) is 13.2 Å². The minimum Gasteiger partial charge on any atom is -0.464 e. The molecule has 3 aromatic carbocycles. The summed E-state index contributed by atoms with van der Waals surface area (Å²) in [4.78, 5) is 19.1. The number of halogens is 3. The van der Waals surface area contributed by atoms with E-state index in [2.05, 4.69) is 4.98 Å². The van der Waals surface area contributed by atoms with Crippen molar-refractivity contribution >= 4 is 27.9 Å². The lowest BCUT2D eigenvalue weighted by Crippen LogP contribution is -2.30. The number of amides is 1. The molecule has 1 aliphatic carbocycles. The van der Waals surface area contributed by atoms with Gasteiger partial charge >= 0.3 is 6.18 Å². The van der Waals surface area contributed by atoms with Gasteiger partial charge < -0.3 is 13.9 Å². The maximum Gasteiger partial charge on any atom is 0.418 e. The van der Waals surface area contributed by atoms with E-state index in [1.54, 1.807) is 12.3 Å². The van der Waals surface area contributed by atoms with Crippen LogP contribution >= 0.6 is 0 Å². The quantitative estimate of drug-likeness (QED) is 0.239. The van der Waals surface area contributed by atoms with E-state index >= 15 is 0 Å². The summed E-state index contributed by atoms with van der Waals surface area (Å²) in [6.07, 6.45) is -0.105. The summed E-state index contributed by atoms with van der Waals surface area (Å²) < 4.78 is 49.1. The van der Waals surface area contributed by atoms with Crippen molar-refractivity contribution in [3.05, 3.63) is 78.6 Å². The molecular weight excluding hydrogens is 503 g/mol. The van der Waals surface area contributed by atoms with Crippen molar-refractivity contribution in [2.75, 3.05) is 13.1 Å². The van der Waals surface area contributed by atoms with Crippen LogP contribution < -0.4 is 0 Å². The predicted octanol–water partition coefficient (Wildman–Crippen LogP) is 7.39. The van der Waals surface area contributed by atoms with E-state index in [1.807, 2.05) is 58.0 Å². The minimum absolute atomic E-state index is 0.0432. The Labute approximate surface area is 222 Å². The summed E-state index contributed by atoms with van der Waals surface area (Å²) >= 11 is 0. The number of benzene rings is 3. The van der Waals surface area contributed by atoms with E-state index < -0.39 is 11.7 Å². The van der Waals surface area contributed by atoms with Crippen LogP contribution in [0.25, 0.3) is 44.5 Å². The lowest BCUT2D eigenvalue weighted by Gasteiger charge is -2.18. The number of carbonyl (C=O) groups excluding carboxylic acids is 1. The number of likely N-dealkylation sites (tertiary alicyclic amines) is 1. The fourth-order valence-electron chi connectivity index (χ4n) is 5.77. The van der Waals surface area contributed by atoms with Gasteiger partial charge in [-0.1, -0.05) is 36.4 Å². The Hall–Kier alpha value is -4.07. The molecule has 0 bridgehead atoms. The molecule has 7 rings (SSSR count). The Bertz CT molecular complexity index is 1700. The molecule has 5 nitrogen and oxygen atoms in total. The van der Waals surface area contributed by atoms with Gasteiger partial charge in [-0.3, -0.25) is 4.79 Å². The fourth-order valence-corrected chi connectivity index (χ4v) is 5.77. The molecule has 0 N–H and O–H groups in total. The van der Waals surface area contributed by atoms with Gasteiger partial charge in [0.05, 0.1) is 17.3 Å². The number of aromatic nitrogens is 2. The van der Waals surface area contributed by atoms with Crippen molar-refractivity contribution in [3.8, 4) is 22.5 Å². The average molecular weight is 530 g/mol. The van der Waals surface area contributed by atoms with Gasteiger partial charge in [0, 0.05) is 36.5 Å². The molecule has 3 heterocycles. The number of rotatable bonds is 5. The van der Waals surface area contributed by atoms with Gasteiger partial charge in [-0.05, 0) is 66.6 Å². The molecule has 39 heavy (non-hydrogen) atoms. The first-order valence-electron chi connectivity index (χ1n) is 13.3. The Morgan fingerprint density at radius 1 is 0.949 bits per heavy atom. The molecule has 5 aromatic rings. The number of imidazole rings is 1. The normalized spacial score (nSPS) is 17.9. The van der Waals surface area contributed by atoms with Crippen LogP contribution in [0.2, 0.25) is 0 Å². The summed E-state index contributed by atoms with van der Waals surface area (Å²) in [5.41, 5.74) is 3.26. The molecule has 0 unspecified atom stereocenters. The third-order valence-electron chi connectivity index (χ3n) is 7.98. The Morgan fingerprint density at radius 2 is 1.72 bits per heavy atom. The lowest BCUT2D eigenvalue weighted by atomic mass is 10.0. The molecule has 8 heteroatoms. The number of carbonyl (C=O) groups is 1. The van der Waals surface area contributed by atoms with Crippen LogP contribution in [0.1, 0.15) is 24.8 Å². The van der Waals surface area contributed by atoms with Gasteiger partial charge in [-0.15, -0.1) is 0 Å². The highest BCUT2D eigenvalue weighted by atomic mass is 19.4. The Kier molecular flexibility index (Phi) is 5.54. The van der Waals surface area contributed by atoms with Crippen molar-refractivity contribution in [1.29, 1.82) is 0 Å². The van der Waals surface area contributed by atoms with Crippen LogP contribution in [0, 0.1) is 11.8 Å². The third kappa shape index (κ3) is 4.37. The zero-order valence-electron chi connectivity index (χ0n) is 21.1. The van der Waals surface area contributed by atoms with Crippen molar-refractivity contribution in [3.63, 3.8) is 0 Å².